The van der Waals surface area contributed by atoms with E-state index in [4.69, 9.17) is 11.5 Å². The van der Waals surface area contributed by atoms with E-state index in [0.29, 0.717) is 11.8 Å². The summed E-state index contributed by atoms with van der Waals surface area (Å²) in [5.41, 5.74) is 14.9. The minimum atomic E-state index is -0.774. The Morgan fingerprint density at radius 1 is 1.27 bits per heavy atom. The van der Waals surface area contributed by atoms with Gasteiger partial charge in [0.15, 0.2) is 5.79 Å². The Morgan fingerprint density at radius 2 is 1.95 bits per heavy atom. The highest BCUT2D eigenvalue weighted by atomic mass is 15.3. The standard InChI is InChI=1S/C17H25N5/c1-22-9-7-14(8-10-22)17(19)20-15(12-16(18)21-17)11-13-5-3-2-4-6-13/h2-6,12,14,20H,7-11,19H2,1H3,(H2,18,21). The van der Waals surface area contributed by atoms with Crippen LogP contribution in [0.5, 0.6) is 0 Å². The molecule has 22 heavy (non-hydrogen) atoms. The fourth-order valence-corrected chi connectivity index (χ4v) is 3.30. The van der Waals surface area contributed by atoms with Crippen molar-refractivity contribution >= 4 is 5.84 Å². The van der Waals surface area contributed by atoms with E-state index < -0.39 is 5.79 Å². The lowest BCUT2D eigenvalue weighted by molar-refractivity contribution is 0.134. The Bertz CT molecular complexity index is 572. The molecule has 1 atom stereocenters. The number of benzene rings is 1. The van der Waals surface area contributed by atoms with Gasteiger partial charge in [-0.2, -0.15) is 0 Å². The largest absolute Gasteiger partial charge is 0.384 e. The first kappa shape index (κ1) is 15.1. The molecule has 0 aliphatic carbocycles. The molecule has 0 bridgehead atoms. The third-order valence-electron chi connectivity index (χ3n) is 4.58. The van der Waals surface area contributed by atoms with Gasteiger partial charge in [-0.1, -0.05) is 30.3 Å². The number of amidine groups is 1. The van der Waals surface area contributed by atoms with Gasteiger partial charge in [-0.05, 0) is 44.6 Å². The molecule has 5 heteroatoms. The summed E-state index contributed by atoms with van der Waals surface area (Å²) in [5.74, 6) is 0.0531. The van der Waals surface area contributed by atoms with Gasteiger partial charge in [0, 0.05) is 18.0 Å². The van der Waals surface area contributed by atoms with Gasteiger partial charge in [0.1, 0.15) is 5.84 Å². The van der Waals surface area contributed by atoms with Crippen LogP contribution in [0.25, 0.3) is 0 Å². The van der Waals surface area contributed by atoms with Crippen LogP contribution in [0.4, 0.5) is 0 Å². The Hall–Kier alpha value is -1.85. The molecule has 0 amide bonds. The number of allylic oxidation sites excluding steroid dienone is 1. The fraction of sp³-hybridized carbons (Fsp3) is 0.471. The van der Waals surface area contributed by atoms with Crippen molar-refractivity contribution in [3.63, 3.8) is 0 Å². The molecule has 0 radical (unpaired) electrons. The molecule has 1 saturated heterocycles. The zero-order chi connectivity index (χ0) is 15.6. The molecule has 2 heterocycles. The number of nitrogens with two attached hydrogens (primary N) is 2. The van der Waals surface area contributed by atoms with E-state index in [2.05, 4.69) is 34.4 Å². The summed E-state index contributed by atoms with van der Waals surface area (Å²) in [6, 6.07) is 10.3. The summed E-state index contributed by atoms with van der Waals surface area (Å²) >= 11 is 0. The molecule has 2 aliphatic rings. The molecular formula is C17H25N5. The SMILES string of the molecule is CN1CCC(C2(N)N=C(N)C=C(Cc3ccccc3)N2)CC1. The number of likely N-dealkylation sites (tertiary alicyclic amines) is 1. The van der Waals surface area contributed by atoms with Crippen LogP contribution < -0.4 is 16.8 Å². The quantitative estimate of drug-likeness (QED) is 0.779. The summed E-state index contributed by atoms with van der Waals surface area (Å²) in [4.78, 5) is 6.85. The molecule has 0 aromatic heterocycles. The van der Waals surface area contributed by atoms with Crippen molar-refractivity contribution < 1.29 is 0 Å². The summed E-state index contributed by atoms with van der Waals surface area (Å²) in [7, 11) is 2.14. The van der Waals surface area contributed by atoms with Gasteiger partial charge in [0.25, 0.3) is 0 Å². The van der Waals surface area contributed by atoms with E-state index in [1.165, 1.54) is 5.56 Å². The highest BCUT2D eigenvalue weighted by Gasteiger charge is 2.38. The molecular weight excluding hydrogens is 274 g/mol. The topological polar surface area (TPSA) is 79.7 Å². The van der Waals surface area contributed by atoms with Gasteiger partial charge in [0.05, 0.1) is 0 Å². The number of aliphatic imine (C=N–C) groups is 1. The molecule has 2 aliphatic heterocycles. The number of nitrogens with zero attached hydrogens (tertiary/aromatic N) is 2. The van der Waals surface area contributed by atoms with Gasteiger partial charge in [-0.3, -0.25) is 5.73 Å². The van der Waals surface area contributed by atoms with Crippen molar-refractivity contribution in [2.75, 3.05) is 20.1 Å². The highest BCUT2D eigenvalue weighted by Crippen LogP contribution is 2.28. The predicted octanol–water partition coefficient (Wildman–Crippen LogP) is 1.03. The van der Waals surface area contributed by atoms with Crippen molar-refractivity contribution in [1.29, 1.82) is 0 Å². The lowest BCUT2D eigenvalue weighted by Gasteiger charge is -2.42. The van der Waals surface area contributed by atoms with Crippen molar-refractivity contribution in [2.45, 2.75) is 25.0 Å². The first-order valence-corrected chi connectivity index (χ1v) is 7.90. The van der Waals surface area contributed by atoms with Crippen LogP contribution in [-0.4, -0.2) is 36.7 Å². The second-order valence-electron chi connectivity index (χ2n) is 6.40. The molecule has 3 rings (SSSR count). The maximum Gasteiger partial charge on any atom is 0.187 e. The van der Waals surface area contributed by atoms with Gasteiger partial charge >= 0.3 is 0 Å². The van der Waals surface area contributed by atoms with Crippen molar-refractivity contribution in [2.24, 2.45) is 22.4 Å². The maximum atomic E-state index is 6.58. The smallest absolute Gasteiger partial charge is 0.187 e. The monoisotopic (exact) mass is 299 g/mol. The summed E-state index contributed by atoms with van der Waals surface area (Å²) in [6.45, 7) is 2.11. The van der Waals surface area contributed by atoms with Gasteiger partial charge in [-0.25, -0.2) is 4.99 Å². The number of piperidine rings is 1. The predicted molar refractivity (Wildman–Crippen MR) is 90.1 cm³/mol. The van der Waals surface area contributed by atoms with Crippen LogP contribution in [0.15, 0.2) is 47.1 Å². The molecule has 0 spiro atoms. The molecule has 1 aromatic rings. The van der Waals surface area contributed by atoms with Crippen LogP contribution in [-0.2, 0) is 6.42 Å². The lowest BCUT2D eigenvalue weighted by atomic mass is 9.89. The second-order valence-corrected chi connectivity index (χ2v) is 6.40. The van der Waals surface area contributed by atoms with Crippen LogP contribution in [0.3, 0.4) is 0 Å². The average Bonchev–Trinajstić information content (AvgIpc) is 2.48. The van der Waals surface area contributed by atoms with Gasteiger partial charge < -0.3 is 16.0 Å². The van der Waals surface area contributed by atoms with Gasteiger partial charge in [0.2, 0.25) is 0 Å². The van der Waals surface area contributed by atoms with E-state index >= 15 is 0 Å². The Labute approximate surface area is 132 Å². The Balaban J connectivity index is 1.74. The molecule has 118 valence electrons. The van der Waals surface area contributed by atoms with Crippen LogP contribution in [0.2, 0.25) is 0 Å². The molecule has 5 N–H and O–H groups in total. The van der Waals surface area contributed by atoms with E-state index in [9.17, 15) is 0 Å². The normalized spacial score (nSPS) is 27.0. The molecule has 0 saturated carbocycles. The number of rotatable bonds is 3. The first-order valence-electron chi connectivity index (χ1n) is 7.90. The number of nitrogens with one attached hydrogen (secondary N) is 1. The second kappa shape index (κ2) is 6.10. The van der Waals surface area contributed by atoms with Gasteiger partial charge in [-0.15, -0.1) is 0 Å². The summed E-state index contributed by atoms with van der Waals surface area (Å²) in [6.07, 6.45) is 4.76. The molecule has 1 aromatic carbocycles. The van der Waals surface area contributed by atoms with Crippen LogP contribution >= 0.6 is 0 Å². The Kier molecular flexibility index (Phi) is 4.18. The van der Waals surface area contributed by atoms with E-state index in [1.54, 1.807) is 0 Å². The molecule has 1 unspecified atom stereocenters. The molecule has 1 fully saturated rings. The molecule has 5 nitrogen and oxygen atoms in total. The fourth-order valence-electron chi connectivity index (χ4n) is 3.30. The van der Waals surface area contributed by atoms with Crippen molar-refractivity contribution in [3.05, 3.63) is 47.7 Å². The van der Waals surface area contributed by atoms with E-state index in [-0.39, 0.29) is 0 Å². The minimum Gasteiger partial charge on any atom is -0.384 e. The zero-order valence-corrected chi connectivity index (χ0v) is 13.1. The first-order chi connectivity index (χ1) is 10.5. The lowest BCUT2D eigenvalue weighted by Crippen LogP contribution is -2.61. The van der Waals surface area contributed by atoms with Crippen molar-refractivity contribution in [1.82, 2.24) is 10.2 Å². The summed E-state index contributed by atoms with van der Waals surface area (Å²) < 4.78 is 0. The van der Waals surface area contributed by atoms with Crippen LogP contribution in [0.1, 0.15) is 18.4 Å². The highest BCUT2D eigenvalue weighted by molar-refractivity contribution is 5.93. The van der Waals surface area contributed by atoms with E-state index in [1.807, 2.05) is 24.3 Å². The van der Waals surface area contributed by atoms with E-state index in [0.717, 1.165) is 38.0 Å². The maximum absolute atomic E-state index is 6.58. The zero-order valence-electron chi connectivity index (χ0n) is 13.1. The minimum absolute atomic E-state index is 0.307. The Morgan fingerprint density at radius 3 is 2.64 bits per heavy atom. The number of hydrogen-bond acceptors (Lipinski definition) is 5. The van der Waals surface area contributed by atoms with Crippen LogP contribution in [0, 0.1) is 5.92 Å². The van der Waals surface area contributed by atoms with Crippen molar-refractivity contribution in [3.8, 4) is 0 Å². The third-order valence-corrected chi connectivity index (χ3v) is 4.58. The number of hydrogen-bond donors (Lipinski definition) is 3. The average molecular weight is 299 g/mol. The summed E-state index contributed by atoms with van der Waals surface area (Å²) in [5, 5.41) is 3.45. The third kappa shape index (κ3) is 3.31.